The van der Waals surface area contributed by atoms with Gasteiger partial charge in [-0.15, -0.1) is 0 Å². The molecule has 0 radical (unpaired) electrons. The van der Waals surface area contributed by atoms with Gasteiger partial charge in [0.05, 0.1) is 0 Å². The Morgan fingerprint density at radius 3 is 2.62 bits per heavy atom. The van der Waals surface area contributed by atoms with Crippen molar-refractivity contribution in [2.75, 3.05) is 6.61 Å². The summed E-state index contributed by atoms with van der Waals surface area (Å²) >= 11 is 1.45. The fourth-order valence-corrected chi connectivity index (χ4v) is 3.79. The summed E-state index contributed by atoms with van der Waals surface area (Å²) in [6.45, 7) is 15.2. The fraction of sp³-hybridized carbons (Fsp3) is 0.556. The van der Waals surface area contributed by atoms with Crippen molar-refractivity contribution in [1.82, 2.24) is 9.58 Å². The molecule has 2 heterocycles. The fourth-order valence-electron chi connectivity index (χ4n) is 2.34. The molecule has 1 aliphatic heterocycles. The number of nitrogens with zero attached hydrogens (tertiary/aromatic N) is 3. The van der Waals surface area contributed by atoms with Crippen LogP contribution in [0.5, 0.6) is 0 Å². The predicted molar refractivity (Wildman–Crippen MR) is 102 cm³/mol. The van der Waals surface area contributed by atoms with Crippen molar-refractivity contribution < 1.29 is 24.1 Å². The van der Waals surface area contributed by atoms with Crippen LogP contribution < -0.4 is 0 Å². The number of hydrazone groups is 1. The molecular formula is C18H29N3OSiW. The van der Waals surface area contributed by atoms with E-state index >= 15 is 0 Å². The second-order valence-electron chi connectivity index (χ2n) is 8.43. The zero-order chi connectivity index (χ0) is 18.0. The first kappa shape index (κ1) is 19.5. The topological polar surface area (TPSA) is 29.8 Å². The first-order chi connectivity index (χ1) is 11.1. The van der Waals surface area contributed by atoms with Gasteiger partial charge < -0.3 is 0 Å². The van der Waals surface area contributed by atoms with Crippen LogP contribution in [0.3, 0.4) is 0 Å². The molecule has 0 aliphatic carbocycles. The van der Waals surface area contributed by atoms with Gasteiger partial charge in [-0.2, -0.15) is 0 Å². The number of hydrogen-bond acceptors (Lipinski definition) is 3. The Bertz CT molecular complexity index is 650. The zero-order valence-corrected chi connectivity index (χ0v) is 19.6. The monoisotopic (exact) mass is 515 g/mol. The van der Waals surface area contributed by atoms with Gasteiger partial charge in [0.2, 0.25) is 0 Å². The minimum atomic E-state index is -1.01. The molecule has 1 aromatic heterocycles. The standard InChI is InChI=1S/C18H29N3OSi.W/c1-18(2,3)21-17(7-9-19-21)13-16-8-10-20(14-16)15-22-11-12-23(4,5)6;/h8-10,13-14H,11-12,15H2,1-6H3;. The van der Waals surface area contributed by atoms with Gasteiger partial charge in [0.1, 0.15) is 0 Å². The van der Waals surface area contributed by atoms with Crippen molar-refractivity contribution in [2.24, 2.45) is 5.10 Å². The molecule has 0 saturated carbocycles. The summed E-state index contributed by atoms with van der Waals surface area (Å²) in [4.78, 5) is 0. The van der Waals surface area contributed by atoms with E-state index in [0.717, 1.165) is 6.61 Å². The number of aromatic nitrogens is 1. The van der Waals surface area contributed by atoms with Crippen LogP contribution in [0.1, 0.15) is 26.3 Å². The first-order valence-electron chi connectivity index (χ1n) is 8.40. The van der Waals surface area contributed by atoms with Crippen molar-refractivity contribution in [3.05, 3.63) is 29.7 Å². The van der Waals surface area contributed by atoms with Gasteiger partial charge in [0.15, 0.2) is 0 Å². The number of hydrogen-bond donors (Lipinski definition) is 0. The third-order valence-corrected chi connectivity index (χ3v) is 6.55. The van der Waals surface area contributed by atoms with Crippen LogP contribution in [0.4, 0.5) is 0 Å². The molecule has 0 amide bonds. The van der Waals surface area contributed by atoms with Gasteiger partial charge in [-0.05, 0) is 0 Å². The molecule has 0 saturated heterocycles. The number of allylic oxidation sites excluding steroid dienone is 1. The van der Waals surface area contributed by atoms with Crippen LogP contribution in [0.2, 0.25) is 25.7 Å². The number of rotatable bonds is 6. The second-order valence-corrected chi connectivity index (χ2v) is 15.6. The van der Waals surface area contributed by atoms with Gasteiger partial charge in [0, 0.05) is 0 Å². The quantitative estimate of drug-likeness (QED) is 0.424. The zero-order valence-electron chi connectivity index (χ0n) is 15.7. The van der Waals surface area contributed by atoms with Crippen molar-refractivity contribution in [3.8, 4) is 0 Å². The van der Waals surface area contributed by atoms with E-state index in [1.165, 1.54) is 40.6 Å². The normalized spacial score (nSPS) is 17.3. The van der Waals surface area contributed by atoms with Crippen LogP contribution in [0.25, 0.3) is 6.08 Å². The third kappa shape index (κ3) is 5.64. The Labute approximate surface area is 158 Å². The molecule has 4 nitrogen and oxygen atoms in total. The van der Waals surface area contributed by atoms with Gasteiger partial charge in [-0.25, -0.2) is 0 Å². The van der Waals surface area contributed by atoms with Gasteiger partial charge >= 0.3 is 158 Å². The van der Waals surface area contributed by atoms with Gasteiger partial charge in [-0.3, -0.25) is 0 Å². The molecule has 6 heteroatoms. The van der Waals surface area contributed by atoms with E-state index < -0.39 is 8.07 Å². The molecule has 0 bridgehead atoms. The summed E-state index contributed by atoms with van der Waals surface area (Å²) < 4.78 is 9.21. The van der Waals surface area contributed by atoms with E-state index in [1.807, 2.05) is 6.21 Å². The molecule has 132 valence electrons. The van der Waals surface area contributed by atoms with Crippen LogP contribution in [0, 0.1) is 0 Å². The molecule has 0 unspecified atom stereocenters. The molecule has 0 fully saturated rings. The van der Waals surface area contributed by atoms with E-state index in [9.17, 15) is 0 Å². The summed E-state index contributed by atoms with van der Waals surface area (Å²) in [7, 11) is -1.01. The second kappa shape index (κ2) is 7.63. The molecule has 1 aromatic rings. The van der Waals surface area contributed by atoms with Crippen LogP contribution in [0.15, 0.2) is 29.3 Å². The van der Waals surface area contributed by atoms with E-state index in [0.29, 0.717) is 6.73 Å². The maximum absolute atomic E-state index is 5.82. The van der Waals surface area contributed by atoms with E-state index in [4.69, 9.17) is 4.74 Å². The predicted octanol–water partition coefficient (Wildman–Crippen LogP) is 3.96. The molecular weight excluding hydrogens is 486 g/mol. The van der Waals surface area contributed by atoms with Crippen molar-refractivity contribution in [2.45, 2.75) is 58.7 Å². The Hall–Kier alpha value is -0.775. The molecule has 0 spiro atoms. The Balaban J connectivity index is 1.99. The molecule has 1 aliphatic rings. The average Bonchev–Trinajstić information content (AvgIpc) is 3.02. The summed E-state index contributed by atoms with van der Waals surface area (Å²) in [5.41, 5.74) is 2.38. The van der Waals surface area contributed by atoms with E-state index in [-0.39, 0.29) is 5.54 Å². The minimum absolute atomic E-state index is 0.0119. The van der Waals surface area contributed by atoms with Gasteiger partial charge in [-0.1, -0.05) is 0 Å². The summed E-state index contributed by atoms with van der Waals surface area (Å²) in [5, 5.41) is 6.66. The van der Waals surface area contributed by atoms with Crippen LogP contribution >= 0.6 is 0 Å². The van der Waals surface area contributed by atoms with Crippen molar-refractivity contribution in [3.63, 3.8) is 0 Å². The molecule has 0 aromatic carbocycles. The van der Waals surface area contributed by atoms with Crippen LogP contribution in [-0.2, 0) is 30.8 Å². The van der Waals surface area contributed by atoms with Crippen LogP contribution in [-0.4, -0.2) is 39.9 Å². The summed E-state index contributed by atoms with van der Waals surface area (Å²) in [6, 6.07) is 3.34. The van der Waals surface area contributed by atoms with Gasteiger partial charge in [0.25, 0.3) is 0 Å². The summed E-state index contributed by atoms with van der Waals surface area (Å²) in [6.07, 6.45) is 8.42. The first-order valence-corrected chi connectivity index (χ1v) is 13.6. The third-order valence-electron chi connectivity index (χ3n) is 3.72. The average molecular weight is 515 g/mol. The summed E-state index contributed by atoms with van der Waals surface area (Å²) in [5.74, 6) is 0. The van der Waals surface area contributed by atoms with E-state index in [1.54, 1.807) is 0 Å². The van der Waals surface area contributed by atoms with Crippen molar-refractivity contribution >= 4 is 24.3 Å². The molecule has 24 heavy (non-hydrogen) atoms. The Morgan fingerprint density at radius 1 is 1.29 bits per heavy atom. The number of ether oxygens (including phenoxy) is 1. The SMILES string of the molecule is CC(C)(C)N1N=C[C](=[W])C1=Cc1ccn(COCC[Si](C)(C)C)c1. The molecule has 0 atom stereocenters. The molecule has 2 rings (SSSR count). The Morgan fingerprint density at radius 2 is 2.00 bits per heavy atom. The van der Waals surface area contributed by atoms with Crippen molar-refractivity contribution in [1.29, 1.82) is 0 Å². The maximum atomic E-state index is 5.82. The molecule has 0 N–H and O–H groups in total. The van der Waals surface area contributed by atoms with E-state index in [2.05, 4.69) is 79.6 Å². The Kier molecular flexibility index (Phi) is 6.21.